The highest BCUT2D eigenvalue weighted by Gasteiger charge is 2.12. The van der Waals surface area contributed by atoms with Crippen LogP contribution in [0, 0.1) is 0 Å². The minimum atomic E-state index is 0.208. The normalized spacial score (nSPS) is 12.1. The van der Waals surface area contributed by atoms with Crippen molar-refractivity contribution in [2.45, 2.75) is 32.6 Å². The van der Waals surface area contributed by atoms with Gasteiger partial charge in [-0.15, -0.1) is 0 Å². The van der Waals surface area contributed by atoms with Gasteiger partial charge in [0.15, 0.2) is 0 Å². The first-order valence-corrected chi connectivity index (χ1v) is 10.2. The first kappa shape index (κ1) is 19.1. The van der Waals surface area contributed by atoms with Gasteiger partial charge < -0.3 is 0 Å². The fourth-order valence-electron chi connectivity index (χ4n) is 3.63. The highest BCUT2D eigenvalue weighted by atomic mass is 14.7. The molecule has 4 aromatic rings. The standard InChI is InChI=1S/C27H26N2/c1-19(2)21-7-4-9-23(15-21)25-12-14-29-27(17-25)20(3)22-8-5-10-24(16-22)26-11-6-13-28-18-26/h4-20H,1-3H3. The van der Waals surface area contributed by atoms with Gasteiger partial charge in [-0.1, -0.05) is 75.4 Å². The van der Waals surface area contributed by atoms with E-state index in [-0.39, 0.29) is 5.92 Å². The molecule has 2 nitrogen and oxygen atoms in total. The predicted molar refractivity (Wildman–Crippen MR) is 121 cm³/mol. The molecule has 0 aliphatic rings. The molecule has 0 bridgehead atoms. The van der Waals surface area contributed by atoms with Gasteiger partial charge in [-0.25, -0.2) is 0 Å². The Morgan fingerprint density at radius 1 is 0.621 bits per heavy atom. The Kier molecular flexibility index (Phi) is 5.53. The molecule has 0 fully saturated rings. The highest BCUT2D eigenvalue weighted by molar-refractivity contribution is 5.66. The van der Waals surface area contributed by atoms with E-state index in [9.17, 15) is 0 Å². The van der Waals surface area contributed by atoms with Crippen molar-refractivity contribution in [1.29, 1.82) is 0 Å². The van der Waals surface area contributed by atoms with E-state index in [1.165, 1.54) is 27.8 Å². The predicted octanol–water partition coefficient (Wildman–Crippen LogP) is 7.09. The average molecular weight is 379 g/mol. The van der Waals surface area contributed by atoms with Crippen molar-refractivity contribution in [3.05, 3.63) is 108 Å². The molecule has 2 aromatic heterocycles. The van der Waals surface area contributed by atoms with Crippen LogP contribution in [0.25, 0.3) is 22.3 Å². The summed E-state index contributed by atoms with van der Waals surface area (Å²) in [4.78, 5) is 8.93. The largest absolute Gasteiger partial charge is 0.264 e. The fourth-order valence-corrected chi connectivity index (χ4v) is 3.63. The smallest absolute Gasteiger partial charge is 0.0481 e. The third-order valence-electron chi connectivity index (χ3n) is 5.49. The summed E-state index contributed by atoms with van der Waals surface area (Å²) < 4.78 is 0. The van der Waals surface area contributed by atoms with E-state index in [1.807, 2.05) is 18.5 Å². The third kappa shape index (κ3) is 4.27. The second-order valence-electron chi connectivity index (χ2n) is 7.84. The maximum atomic E-state index is 4.69. The number of nitrogens with zero attached hydrogens (tertiary/aromatic N) is 2. The second kappa shape index (κ2) is 8.40. The first-order valence-electron chi connectivity index (χ1n) is 10.2. The second-order valence-corrected chi connectivity index (χ2v) is 7.84. The Balaban J connectivity index is 1.66. The van der Waals surface area contributed by atoms with Gasteiger partial charge in [-0.05, 0) is 57.5 Å². The molecule has 0 spiro atoms. The van der Waals surface area contributed by atoms with Crippen molar-refractivity contribution < 1.29 is 0 Å². The van der Waals surface area contributed by atoms with Crippen LogP contribution in [-0.2, 0) is 0 Å². The van der Waals surface area contributed by atoms with E-state index in [1.54, 1.807) is 6.20 Å². The molecule has 144 valence electrons. The SMILES string of the molecule is CC(C)c1cccc(-c2ccnc(C(C)c3cccc(-c4cccnc4)c3)c2)c1. The van der Waals surface area contributed by atoms with Crippen LogP contribution in [0.4, 0.5) is 0 Å². The summed E-state index contributed by atoms with van der Waals surface area (Å²) in [6.07, 6.45) is 5.64. The van der Waals surface area contributed by atoms with Gasteiger partial charge in [-0.3, -0.25) is 9.97 Å². The molecule has 0 aliphatic carbocycles. The molecule has 2 aromatic carbocycles. The van der Waals surface area contributed by atoms with E-state index in [2.05, 4.69) is 97.5 Å². The van der Waals surface area contributed by atoms with Gasteiger partial charge >= 0.3 is 0 Å². The molecule has 0 N–H and O–H groups in total. The monoisotopic (exact) mass is 378 g/mol. The molecular formula is C27H26N2. The summed E-state index contributed by atoms with van der Waals surface area (Å²) >= 11 is 0. The molecule has 29 heavy (non-hydrogen) atoms. The van der Waals surface area contributed by atoms with Crippen LogP contribution in [0.1, 0.15) is 49.4 Å². The van der Waals surface area contributed by atoms with Crippen molar-refractivity contribution in [3.8, 4) is 22.3 Å². The van der Waals surface area contributed by atoms with E-state index < -0.39 is 0 Å². The first-order chi connectivity index (χ1) is 14.1. The van der Waals surface area contributed by atoms with Crippen molar-refractivity contribution in [2.24, 2.45) is 0 Å². The lowest BCUT2D eigenvalue weighted by atomic mass is 9.92. The molecule has 0 radical (unpaired) electrons. The van der Waals surface area contributed by atoms with E-state index in [0.29, 0.717) is 5.92 Å². The Morgan fingerprint density at radius 2 is 1.28 bits per heavy atom. The Morgan fingerprint density at radius 3 is 2.00 bits per heavy atom. The molecular weight excluding hydrogens is 352 g/mol. The van der Waals surface area contributed by atoms with Crippen LogP contribution in [-0.4, -0.2) is 9.97 Å². The average Bonchev–Trinajstić information content (AvgIpc) is 2.79. The minimum Gasteiger partial charge on any atom is -0.264 e. The lowest BCUT2D eigenvalue weighted by molar-refractivity contribution is 0.866. The van der Waals surface area contributed by atoms with Crippen LogP contribution < -0.4 is 0 Å². The number of hydrogen-bond acceptors (Lipinski definition) is 2. The zero-order valence-electron chi connectivity index (χ0n) is 17.2. The summed E-state index contributed by atoms with van der Waals surface area (Å²) in [7, 11) is 0. The summed E-state index contributed by atoms with van der Waals surface area (Å²) in [5.41, 5.74) is 8.48. The third-order valence-corrected chi connectivity index (χ3v) is 5.49. The van der Waals surface area contributed by atoms with Crippen LogP contribution in [0.5, 0.6) is 0 Å². The van der Waals surface area contributed by atoms with E-state index in [0.717, 1.165) is 11.3 Å². The van der Waals surface area contributed by atoms with E-state index >= 15 is 0 Å². The molecule has 1 unspecified atom stereocenters. The minimum absolute atomic E-state index is 0.208. The van der Waals surface area contributed by atoms with E-state index in [4.69, 9.17) is 0 Å². The van der Waals surface area contributed by atoms with Gasteiger partial charge in [0.2, 0.25) is 0 Å². The van der Waals surface area contributed by atoms with Gasteiger partial charge in [0.25, 0.3) is 0 Å². The van der Waals surface area contributed by atoms with Crippen molar-refractivity contribution in [3.63, 3.8) is 0 Å². The van der Waals surface area contributed by atoms with Crippen molar-refractivity contribution in [1.82, 2.24) is 9.97 Å². The molecule has 0 aliphatic heterocycles. The van der Waals surface area contributed by atoms with Gasteiger partial charge in [0.05, 0.1) is 0 Å². The zero-order valence-corrected chi connectivity index (χ0v) is 17.2. The number of benzene rings is 2. The fraction of sp³-hybridized carbons (Fsp3) is 0.185. The van der Waals surface area contributed by atoms with Gasteiger partial charge in [-0.2, -0.15) is 0 Å². The molecule has 4 rings (SSSR count). The topological polar surface area (TPSA) is 25.8 Å². The summed E-state index contributed by atoms with van der Waals surface area (Å²) in [6, 6.07) is 25.9. The van der Waals surface area contributed by atoms with Crippen LogP contribution in [0.15, 0.2) is 91.4 Å². The van der Waals surface area contributed by atoms with Crippen LogP contribution in [0.3, 0.4) is 0 Å². The van der Waals surface area contributed by atoms with Gasteiger partial charge in [0, 0.05) is 30.2 Å². The molecule has 2 heterocycles. The number of rotatable bonds is 5. The lowest BCUT2D eigenvalue weighted by Gasteiger charge is -2.15. The quantitative estimate of drug-likeness (QED) is 0.370. The maximum absolute atomic E-state index is 4.69. The summed E-state index contributed by atoms with van der Waals surface area (Å²) in [5, 5.41) is 0. The zero-order chi connectivity index (χ0) is 20.2. The summed E-state index contributed by atoms with van der Waals surface area (Å²) in [5.74, 6) is 0.727. The highest BCUT2D eigenvalue weighted by Crippen LogP contribution is 2.30. The Hall–Kier alpha value is -3.26. The lowest BCUT2D eigenvalue weighted by Crippen LogP contribution is -2.00. The molecule has 2 heteroatoms. The van der Waals surface area contributed by atoms with Crippen LogP contribution in [0.2, 0.25) is 0 Å². The maximum Gasteiger partial charge on any atom is 0.0481 e. The number of aromatic nitrogens is 2. The molecule has 0 saturated heterocycles. The van der Waals surface area contributed by atoms with Crippen LogP contribution >= 0.6 is 0 Å². The molecule has 1 atom stereocenters. The summed E-state index contributed by atoms with van der Waals surface area (Å²) in [6.45, 7) is 6.68. The molecule has 0 amide bonds. The Bertz CT molecular complexity index is 1100. The van der Waals surface area contributed by atoms with Crippen molar-refractivity contribution in [2.75, 3.05) is 0 Å². The molecule has 0 saturated carbocycles. The Labute approximate surface area is 173 Å². The number of pyridine rings is 2. The van der Waals surface area contributed by atoms with Gasteiger partial charge in [0.1, 0.15) is 0 Å². The van der Waals surface area contributed by atoms with Crippen molar-refractivity contribution >= 4 is 0 Å². The number of hydrogen-bond donors (Lipinski definition) is 0.